The number of aromatic nitrogens is 3. The van der Waals surface area contributed by atoms with Crippen molar-refractivity contribution in [1.82, 2.24) is 25.8 Å². The zero-order valence-corrected chi connectivity index (χ0v) is 14.7. The van der Waals surface area contributed by atoms with Crippen LogP contribution in [0.2, 0.25) is 0 Å². The Morgan fingerprint density at radius 1 is 1.16 bits per heavy atom. The summed E-state index contributed by atoms with van der Waals surface area (Å²) in [6, 6.07) is 13.5. The highest BCUT2D eigenvalue weighted by molar-refractivity contribution is 7.80. The maximum absolute atomic E-state index is 12.1. The Kier molecular flexibility index (Phi) is 4.90. The zero-order valence-electron chi connectivity index (χ0n) is 13.9. The van der Waals surface area contributed by atoms with Crippen molar-refractivity contribution < 1.29 is 4.79 Å². The van der Waals surface area contributed by atoms with Crippen molar-refractivity contribution in [3.05, 3.63) is 53.6 Å². The average Bonchev–Trinajstić information content (AvgIpc) is 2.99. The molecule has 0 spiro atoms. The first-order valence-electron chi connectivity index (χ1n) is 7.74. The van der Waals surface area contributed by atoms with Gasteiger partial charge in [-0.15, -0.1) is 5.10 Å². The molecule has 0 bridgehead atoms. The third-order valence-electron chi connectivity index (χ3n) is 3.67. The van der Waals surface area contributed by atoms with Crippen LogP contribution < -0.4 is 16.2 Å². The second-order valence-corrected chi connectivity index (χ2v) is 6.09. The van der Waals surface area contributed by atoms with E-state index in [0.29, 0.717) is 5.11 Å². The Labute approximate surface area is 150 Å². The molecule has 0 saturated heterocycles. The lowest BCUT2D eigenvalue weighted by Gasteiger charge is -2.13. The van der Waals surface area contributed by atoms with Crippen molar-refractivity contribution >= 4 is 40.0 Å². The summed E-state index contributed by atoms with van der Waals surface area (Å²) < 4.78 is 1.54. The van der Waals surface area contributed by atoms with Crippen LogP contribution in [0.15, 0.2) is 42.5 Å². The highest BCUT2D eigenvalue weighted by atomic mass is 32.1. The Morgan fingerprint density at radius 2 is 1.96 bits per heavy atom. The number of hydrazine groups is 1. The van der Waals surface area contributed by atoms with Gasteiger partial charge in [-0.1, -0.05) is 29.5 Å². The van der Waals surface area contributed by atoms with E-state index in [9.17, 15) is 4.79 Å². The fourth-order valence-corrected chi connectivity index (χ4v) is 2.52. The Bertz CT molecular complexity index is 936. The minimum absolute atomic E-state index is 0.0413. The van der Waals surface area contributed by atoms with Crippen molar-refractivity contribution in [2.75, 3.05) is 5.32 Å². The monoisotopic (exact) mass is 354 g/mol. The first-order valence-corrected chi connectivity index (χ1v) is 8.15. The number of rotatable bonds is 3. The van der Waals surface area contributed by atoms with Crippen LogP contribution in [0.25, 0.3) is 11.0 Å². The van der Waals surface area contributed by atoms with Gasteiger partial charge in [0.05, 0.1) is 5.52 Å². The average molecular weight is 354 g/mol. The second-order valence-electron chi connectivity index (χ2n) is 5.68. The molecule has 0 aliphatic carbocycles. The van der Waals surface area contributed by atoms with E-state index in [2.05, 4.69) is 26.5 Å². The number of benzene rings is 2. The van der Waals surface area contributed by atoms with Crippen molar-refractivity contribution in [3.8, 4) is 0 Å². The Hall–Kier alpha value is -3.00. The number of anilines is 1. The van der Waals surface area contributed by atoms with Gasteiger partial charge in [0.2, 0.25) is 0 Å². The van der Waals surface area contributed by atoms with Crippen molar-refractivity contribution in [2.24, 2.45) is 0 Å². The van der Waals surface area contributed by atoms with E-state index in [0.717, 1.165) is 27.8 Å². The molecule has 1 heterocycles. The topological polar surface area (TPSA) is 83.9 Å². The number of hydrogen-bond acceptors (Lipinski definition) is 4. The number of para-hydroxylation sites is 1. The van der Waals surface area contributed by atoms with Gasteiger partial charge in [-0.25, -0.2) is 4.68 Å². The number of amides is 1. The fraction of sp³-hybridized carbons (Fsp3) is 0.176. The van der Waals surface area contributed by atoms with E-state index in [4.69, 9.17) is 12.2 Å². The van der Waals surface area contributed by atoms with Crippen LogP contribution in [0.3, 0.4) is 0 Å². The van der Waals surface area contributed by atoms with Crippen molar-refractivity contribution in [2.45, 2.75) is 20.4 Å². The molecule has 3 N–H and O–H groups in total. The minimum Gasteiger partial charge on any atom is -0.331 e. The number of carbonyl (C=O) groups excluding carboxylic acids is 1. The van der Waals surface area contributed by atoms with Crippen molar-refractivity contribution in [3.63, 3.8) is 0 Å². The number of hydrogen-bond donors (Lipinski definition) is 3. The molecular weight excluding hydrogens is 336 g/mol. The van der Waals surface area contributed by atoms with Gasteiger partial charge >= 0.3 is 0 Å². The molecule has 0 aliphatic heterocycles. The van der Waals surface area contributed by atoms with Crippen molar-refractivity contribution in [1.29, 1.82) is 0 Å². The molecule has 0 saturated carbocycles. The molecule has 0 aliphatic rings. The lowest BCUT2D eigenvalue weighted by molar-refractivity contribution is -0.122. The number of carbonyl (C=O) groups is 1. The van der Waals surface area contributed by atoms with E-state index in [1.54, 1.807) is 0 Å². The van der Waals surface area contributed by atoms with Crippen LogP contribution in [0.1, 0.15) is 11.1 Å². The lowest BCUT2D eigenvalue weighted by Crippen LogP contribution is -2.45. The second kappa shape index (κ2) is 7.27. The van der Waals surface area contributed by atoms with E-state index in [1.165, 1.54) is 4.68 Å². The molecule has 0 atom stereocenters. The van der Waals surface area contributed by atoms with Crippen LogP contribution in [-0.4, -0.2) is 26.0 Å². The predicted molar refractivity (Wildman–Crippen MR) is 101 cm³/mol. The molecular formula is C17H18N6OS. The first-order chi connectivity index (χ1) is 12.0. The number of nitrogens with one attached hydrogen (secondary N) is 3. The highest BCUT2D eigenvalue weighted by Gasteiger charge is 2.09. The molecule has 128 valence electrons. The summed E-state index contributed by atoms with van der Waals surface area (Å²) in [6.07, 6.45) is 0. The van der Waals surface area contributed by atoms with Gasteiger partial charge in [-0.05, 0) is 55.4 Å². The molecule has 3 aromatic rings. The van der Waals surface area contributed by atoms with Crippen LogP contribution in [-0.2, 0) is 11.3 Å². The summed E-state index contributed by atoms with van der Waals surface area (Å²) >= 11 is 5.21. The Morgan fingerprint density at radius 3 is 2.80 bits per heavy atom. The Balaban J connectivity index is 1.55. The third-order valence-corrected chi connectivity index (χ3v) is 3.87. The molecule has 0 radical (unpaired) electrons. The molecule has 8 heteroatoms. The van der Waals surface area contributed by atoms with Crippen LogP contribution >= 0.6 is 12.2 Å². The van der Waals surface area contributed by atoms with Gasteiger partial charge in [0.15, 0.2) is 5.11 Å². The molecule has 7 nitrogen and oxygen atoms in total. The van der Waals surface area contributed by atoms with Gasteiger partial charge in [0.1, 0.15) is 12.1 Å². The summed E-state index contributed by atoms with van der Waals surface area (Å²) in [7, 11) is 0. The first kappa shape index (κ1) is 16.8. The maximum atomic E-state index is 12.1. The molecule has 0 unspecified atom stereocenters. The lowest BCUT2D eigenvalue weighted by atomic mass is 10.1. The number of thiocarbonyl (C=S) groups is 1. The summed E-state index contributed by atoms with van der Waals surface area (Å²) in [4.78, 5) is 12.1. The standard InChI is InChI=1S/C17H18N6OS/c1-11-7-8-12(2)14(9-11)18-17(25)21-20-16(24)10-23-15-6-4-3-5-13(15)19-22-23/h3-9H,10H2,1-2H3,(H,20,24)(H2,18,21,25). The SMILES string of the molecule is Cc1ccc(C)c(NC(=S)NNC(=O)Cn2nnc3ccccc32)c1. The van der Waals surface area contributed by atoms with E-state index < -0.39 is 0 Å². The summed E-state index contributed by atoms with van der Waals surface area (Å²) in [5.41, 5.74) is 9.89. The van der Waals surface area contributed by atoms with Gasteiger partial charge in [-0.2, -0.15) is 0 Å². The molecule has 1 amide bonds. The van der Waals surface area contributed by atoms with E-state index in [1.807, 2.05) is 56.3 Å². The number of aryl methyl sites for hydroxylation is 2. The van der Waals surface area contributed by atoms with Crippen LogP contribution in [0.4, 0.5) is 5.69 Å². The molecule has 25 heavy (non-hydrogen) atoms. The highest BCUT2D eigenvalue weighted by Crippen LogP contribution is 2.16. The van der Waals surface area contributed by atoms with E-state index >= 15 is 0 Å². The summed E-state index contributed by atoms with van der Waals surface area (Å²) in [5.74, 6) is -0.277. The molecule has 2 aromatic carbocycles. The molecule has 1 aromatic heterocycles. The van der Waals surface area contributed by atoms with Gasteiger partial charge in [0, 0.05) is 5.69 Å². The molecule has 3 rings (SSSR count). The van der Waals surface area contributed by atoms with E-state index in [-0.39, 0.29) is 12.5 Å². The zero-order chi connectivity index (χ0) is 17.8. The summed E-state index contributed by atoms with van der Waals surface area (Å²) in [6.45, 7) is 4.03. The number of nitrogens with zero attached hydrogens (tertiary/aromatic N) is 3. The maximum Gasteiger partial charge on any atom is 0.260 e. The van der Waals surface area contributed by atoms with Gasteiger partial charge in [0.25, 0.3) is 5.91 Å². The molecule has 0 fully saturated rings. The van der Waals surface area contributed by atoms with Gasteiger partial charge < -0.3 is 5.32 Å². The third kappa shape index (κ3) is 4.10. The predicted octanol–water partition coefficient (Wildman–Crippen LogP) is 2.07. The van der Waals surface area contributed by atoms with Crippen LogP contribution in [0, 0.1) is 13.8 Å². The minimum atomic E-state index is -0.277. The largest absolute Gasteiger partial charge is 0.331 e. The fourth-order valence-electron chi connectivity index (χ4n) is 2.36. The van der Waals surface area contributed by atoms with Gasteiger partial charge in [-0.3, -0.25) is 15.6 Å². The van der Waals surface area contributed by atoms with Crippen LogP contribution in [0.5, 0.6) is 0 Å². The number of fused-ring (bicyclic) bond motifs is 1. The quantitative estimate of drug-likeness (QED) is 0.493. The summed E-state index contributed by atoms with van der Waals surface area (Å²) in [5, 5.41) is 11.4. The smallest absolute Gasteiger partial charge is 0.260 e. The normalized spacial score (nSPS) is 10.5.